The molecule has 1 rings (SSSR count). The predicted octanol–water partition coefficient (Wildman–Crippen LogP) is 3.06. The first-order chi connectivity index (χ1) is 8.43. The van der Waals surface area contributed by atoms with Crippen molar-refractivity contribution < 1.29 is 4.79 Å². The van der Waals surface area contributed by atoms with Crippen molar-refractivity contribution in [2.24, 2.45) is 7.05 Å². The summed E-state index contributed by atoms with van der Waals surface area (Å²) in [6.07, 6.45) is 3.66. The lowest BCUT2D eigenvalue weighted by molar-refractivity contribution is 0.0585. The van der Waals surface area contributed by atoms with Crippen LogP contribution in [-0.4, -0.2) is 32.7 Å². The minimum atomic E-state index is 0.0862. The Balaban J connectivity index is 3.10. The van der Waals surface area contributed by atoms with Crippen LogP contribution in [0.15, 0.2) is 6.20 Å². The van der Waals surface area contributed by atoms with Gasteiger partial charge >= 0.3 is 0 Å². The van der Waals surface area contributed by atoms with E-state index >= 15 is 0 Å². The van der Waals surface area contributed by atoms with Crippen molar-refractivity contribution in [3.8, 4) is 0 Å². The highest BCUT2D eigenvalue weighted by Gasteiger charge is 2.28. The fourth-order valence-corrected chi connectivity index (χ4v) is 2.71. The molecule has 0 aliphatic heterocycles. The van der Waals surface area contributed by atoms with Gasteiger partial charge in [-0.15, -0.1) is 0 Å². The van der Waals surface area contributed by atoms with Gasteiger partial charge in [-0.25, -0.2) is 0 Å². The van der Waals surface area contributed by atoms with Crippen molar-refractivity contribution in [2.75, 3.05) is 0 Å². The van der Waals surface area contributed by atoms with Crippen LogP contribution in [0.2, 0.25) is 0 Å². The molecule has 0 fully saturated rings. The summed E-state index contributed by atoms with van der Waals surface area (Å²) in [6, 6.07) is 0.497. The summed E-state index contributed by atoms with van der Waals surface area (Å²) in [6.45, 7) is 8.43. The van der Waals surface area contributed by atoms with E-state index < -0.39 is 0 Å². The molecule has 1 aromatic heterocycles. The molecule has 1 aromatic rings. The number of hydrogen-bond donors (Lipinski definition) is 0. The maximum Gasteiger partial charge on any atom is 0.273 e. The molecule has 0 spiro atoms. The maximum atomic E-state index is 12.7. The summed E-state index contributed by atoms with van der Waals surface area (Å²) >= 11 is 2.17. The fourth-order valence-electron chi connectivity index (χ4n) is 2.00. The monoisotopic (exact) mass is 363 g/mol. The van der Waals surface area contributed by atoms with Crippen LogP contribution in [0.1, 0.15) is 51.0 Å². The second-order valence-electron chi connectivity index (χ2n) is 4.69. The second kappa shape index (κ2) is 6.54. The smallest absolute Gasteiger partial charge is 0.273 e. The summed E-state index contributed by atoms with van der Waals surface area (Å²) in [4.78, 5) is 14.7. The Morgan fingerprint density at radius 2 is 1.89 bits per heavy atom. The van der Waals surface area contributed by atoms with Crippen molar-refractivity contribution in [3.05, 3.63) is 15.5 Å². The molecule has 0 aliphatic rings. The number of halogens is 1. The fraction of sp³-hybridized carbons (Fsp3) is 0.692. The standard InChI is InChI=1S/C13H22IN3O/c1-6-9(3)17(10(4)7-2)13(18)12-11(14)8-15-16(12)5/h8-10H,6-7H2,1-5H3/t9-,10-/m1/s1. The summed E-state index contributed by atoms with van der Waals surface area (Å²) < 4.78 is 2.58. The van der Waals surface area contributed by atoms with Gasteiger partial charge in [-0.2, -0.15) is 5.10 Å². The minimum Gasteiger partial charge on any atom is -0.332 e. The molecule has 0 saturated heterocycles. The van der Waals surface area contributed by atoms with Crippen LogP contribution < -0.4 is 0 Å². The van der Waals surface area contributed by atoms with Gasteiger partial charge in [0.2, 0.25) is 0 Å². The van der Waals surface area contributed by atoms with E-state index in [9.17, 15) is 4.79 Å². The molecular weight excluding hydrogens is 341 g/mol. The van der Waals surface area contributed by atoms with Gasteiger partial charge in [0.1, 0.15) is 5.69 Å². The molecule has 102 valence electrons. The molecule has 0 aromatic carbocycles. The van der Waals surface area contributed by atoms with E-state index in [1.165, 1.54) is 0 Å². The number of amides is 1. The summed E-state index contributed by atoms with van der Waals surface area (Å²) in [5, 5.41) is 4.15. The molecule has 0 bridgehead atoms. The first-order valence-corrected chi connectivity index (χ1v) is 7.51. The molecule has 0 radical (unpaired) electrons. The Hall–Kier alpha value is -0.590. The van der Waals surface area contributed by atoms with Gasteiger partial charge < -0.3 is 4.90 Å². The van der Waals surface area contributed by atoms with Gasteiger partial charge in [-0.3, -0.25) is 9.48 Å². The number of rotatable bonds is 5. The highest BCUT2D eigenvalue weighted by Crippen LogP contribution is 2.19. The van der Waals surface area contributed by atoms with Crippen LogP contribution in [0.3, 0.4) is 0 Å². The number of nitrogens with zero attached hydrogens (tertiary/aromatic N) is 3. The van der Waals surface area contributed by atoms with E-state index in [2.05, 4.69) is 55.4 Å². The zero-order chi connectivity index (χ0) is 13.9. The second-order valence-corrected chi connectivity index (χ2v) is 5.85. The molecule has 5 heteroatoms. The molecule has 0 aliphatic carbocycles. The third-order valence-corrected chi connectivity index (χ3v) is 4.25. The Labute approximate surface area is 123 Å². The topological polar surface area (TPSA) is 38.1 Å². The Bertz CT molecular complexity index is 387. The molecule has 2 atom stereocenters. The van der Waals surface area contributed by atoms with Gasteiger partial charge in [-0.1, -0.05) is 13.8 Å². The first kappa shape index (κ1) is 15.5. The van der Waals surface area contributed by atoms with Crippen LogP contribution in [0.5, 0.6) is 0 Å². The van der Waals surface area contributed by atoms with Crippen LogP contribution >= 0.6 is 22.6 Å². The third-order valence-electron chi connectivity index (χ3n) is 3.46. The van der Waals surface area contributed by atoms with E-state index in [1.54, 1.807) is 10.9 Å². The van der Waals surface area contributed by atoms with E-state index in [0.717, 1.165) is 16.4 Å². The average molecular weight is 363 g/mol. The maximum absolute atomic E-state index is 12.7. The van der Waals surface area contributed by atoms with E-state index in [0.29, 0.717) is 5.69 Å². The average Bonchev–Trinajstić information content (AvgIpc) is 2.68. The van der Waals surface area contributed by atoms with Gasteiger partial charge in [0.15, 0.2) is 0 Å². The minimum absolute atomic E-state index is 0.0862. The number of aromatic nitrogens is 2. The van der Waals surface area contributed by atoms with Crippen molar-refractivity contribution in [1.29, 1.82) is 0 Å². The van der Waals surface area contributed by atoms with Crippen LogP contribution in [0.4, 0.5) is 0 Å². The molecule has 1 amide bonds. The normalized spacial score (nSPS) is 14.3. The summed E-state index contributed by atoms with van der Waals surface area (Å²) in [5.74, 6) is 0.0862. The number of aryl methyl sites for hydroxylation is 1. The number of hydrogen-bond acceptors (Lipinski definition) is 2. The third kappa shape index (κ3) is 3.05. The number of carbonyl (C=O) groups is 1. The van der Waals surface area contributed by atoms with E-state index in [1.807, 2.05) is 11.9 Å². The lowest BCUT2D eigenvalue weighted by Crippen LogP contribution is -2.45. The Kier molecular flexibility index (Phi) is 5.62. The van der Waals surface area contributed by atoms with Crippen LogP contribution in [0.25, 0.3) is 0 Å². The van der Waals surface area contributed by atoms with Crippen molar-refractivity contribution >= 4 is 28.5 Å². The zero-order valence-corrected chi connectivity index (χ0v) is 13.9. The van der Waals surface area contributed by atoms with Crippen molar-refractivity contribution in [3.63, 3.8) is 0 Å². The number of carbonyl (C=O) groups excluding carboxylic acids is 1. The molecule has 4 nitrogen and oxygen atoms in total. The van der Waals surface area contributed by atoms with Gasteiger partial charge in [0.25, 0.3) is 5.91 Å². The van der Waals surface area contributed by atoms with Gasteiger partial charge in [-0.05, 0) is 49.3 Å². The van der Waals surface area contributed by atoms with Crippen LogP contribution in [0, 0.1) is 3.57 Å². The largest absolute Gasteiger partial charge is 0.332 e. The van der Waals surface area contributed by atoms with Gasteiger partial charge in [0, 0.05) is 19.1 Å². The lowest BCUT2D eigenvalue weighted by atomic mass is 10.1. The molecule has 18 heavy (non-hydrogen) atoms. The highest BCUT2D eigenvalue weighted by molar-refractivity contribution is 14.1. The quantitative estimate of drug-likeness (QED) is 0.755. The molecule has 0 unspecified atom stereocenters. The molecule has 1 heterocycles. The zero-order valence-electron chi connectivity index (χ0n) is 11.8. The van der Waals surface area contributed by atoms with Crippen molar-refractivity contribution in [2.45, 2.75) is 52.6 Å². The Morgan fingerprint density at radius 3 is 2.22 bits per heavy atom. The summed E-state index contributed by atoms with van der Waals surface area (Å²) in [5.41, 5.74) is 0.691. The lowest BCUT2D eigenvalue weighted by Gasteiger charge is -2.34. The highest BCUT2D eigenvalue weighted by atomic mass is 127. The van der Waals surface area contributed by atoms with E-state index in [4.69, 9.17) is 0 Å². The summed E-state index contributed by atoms with van der Waals surface area (Å²) in [7, 11) is 1.82. The molecular formula is C13H22IN3O. The molecule has 0 saturated carbocycles. The SMILES string of the molecule is CC[C@@H](C)N(C(=O)c1c(I)cnn1C)[C@H](C)CC. The predicted molar refractivity (Wildman–Crippen MR) is 81.6 cm³/mol. The van der Waals surface area contributed by atoms with E-state index in [-0.39, 0.29) is 18.0 Å². The molecule has 0 N–H and O–H groups in total. The van der Waals surface area contributed by atoms with Gasteiger partial charge in [0.05, 0.1) is 9.77 Å². The Morgan fingerprint density at radius 1 is 1.39 bits per heavy atom. The van der Waals surface area contributed by atoms with Crippen molar-refractivity contribution in [1.82, 2.24) is 14.7 Å². The van der Waals surface area contributed by atoms with Crippen LogP contribution in [-0.2, 0) is 7.05 Å². The first-order valence-electron chi connectivity index (χ1n) is 6.44.